The first-order chi connectivity index (χ1) is 20.5. The molecule has 1 aliphatic heterocycles. The molecule has 6 rings (SSSR count). The van der Waals surface area contributed by atoms with Gasteiger partial charge in [0.1, 0.15) is 18.9 Å². The lowest BCUT2D eigenvalue weighted by atomic mass is 10.1. The lowest BCUT2D eigenvalue weighted by Crippen LogP contribution is -2.15. The van der Waals surface area contributed by atoms with Gasteiger partial charge in [-0.15, -0.1) is 11.3 Å². The van der Waals surface area contributed by atoms with Crippen LogP contribution in [0.4, 0.5) is 5.69 Å². The summed E-state index contributed by atoms with van der Waals surface area (Å²) in [5, 5.41) is 22.9. The second kappa shape index (κ2) is 11.7. The van der Waals surface area contributed by atoms with Crippen LogP contribution in [0.1, 0.15) is 12.5 Å². The molecule has 0 aliphatic carbocycles. The van der Waals surface area contributed by atoms with Gasteiger partial charge in [-0.1, -0.05) is 30.4 Å². The fourth-order valence-electron chi connectivity index (χ4n) is 4.40. The normalized spacial score (nSPS) is 13.0. The van der Waals surface area contributed by atoms with Crippen LogP contribution in [0.15, 0.2) is 107 Å². The number of hydrogen-bond acceptors (Lipinski definition) is 8. The number of non-ortho nitro benzene ring substituents is 1. The van der Waals surface area contributed by atoms with Crippen LogP contribution in [-0.4, -0.2) is 45.4 Å². The maximum absolute atomic E-state index is 11.2. The Morgan fingerprint density at radius 3 is 2.55 bits per heavy atom. The Balaban J connectivity index is 1.46. The summed E-state index contributed by atoms with van der Waals surface area (Å²) < 4.78 is 15.1. The van der Waals surface area contributed by atoms with Gasteiger partial charge < -0.3 is 9.47 Å². The fraction of sp³-hybridized carbons (Fsp3) is 0.129. The molecule has 11 heteroatoms. The molecule has 3 heterocycles. The summed E-state index contributed by atoms with van der Waals surface area (Å²) in [5.41, 5.74) is 5.72. The molecule has 0 N–H and O–H groups in total. The fourth-order valence-corrected chi connectivity index (χ4v) is 5.24. The number of para-hydroxylation sites is 1. The molecule has 0 saturated heterocycles. The molecule has 3 aromatic carbocycles. The first kappa shape index (κ1) is 26.9. The van der Waals surface area contributed by atoms with E-state index in [1.807, 2.05) is 71.7 Å². The highest BCUT2D eigenvalue weighted by molar-refractivity contribution is 7.07. The molecule has 0 unspecified atom stereocenters. The van der Waals surface area contributed by atoms with E-state index in [4.69, 9.17) is 24.7 Å². The summed E-state index contributed by atoms with van der Waals surface area (Å²) in [4.78, 5) is 16.1. The van der Waals surface area contributed by atoms with Gasteiger partial charge in [0, 0.05) is 40.4 Å². The summed E-state index contributed by atoms with van der Waals surface area (Å²) in [5.74, 6) is 1.37. The summed E-state index contributed by atoms with van der Waals surface area (Å²) in [6.45, 7) is 7.33. The molecule has 0 amide bonds. The summed E-state index contributed by atoms with van der Waals surface area (Å²) in [7, 11) is 0. The molecular formula is C31H26N6O4S. The molecule has 42 heavy (non-hydrogen) atoms. The number of thiazole rings is 1. The smallest absolute Gasteiger partial charge is 0.269 e. The van der Waals surface area contributed by atoms with Crippen LogP contribution in [0, 0.1) is 10.1 Å². The Kier molecular flexibility index (Phi) is 7.48. The highest BCUT2D eigenvalue weighted by Crippen LogP contribution is 2.35. The minimum absolute atomic E-state index is 0.0219. The van der Waals surface area contributed by atoms with Crippen LogP contribution in [0.2, 0.25) is 0 Å². The number of rotatable bonds is 8. The van der Waals surface area contributed by atoms with Crippen molar-refractivity contribution in [3.8, 4) is 39.7 Å². The third-order valence-corrected chi connectivity index (χ3v) is 7.29. The van der Waals surface area contributed by atoms with E-state index in [-0.39, 0.29) is 5.69 Å². The number of aromatic nitrogens is 3. The van der Waals surface area contributed by atoms with Gasteiger partial charge in [-0.2, -0.15) is 10.2 Å². The van der Waals surface area contributed by atoms with Gasteiger partial charge in [0.25, 0.3) is 5.69 Å². The van der Waals surface area contributed by atoms with Crippen LogP contribution >= 0.6 is 11.3 Å². The van der Waals surface area contributed by atoms with Gasteiger partial charge in [-0.3, -0.25) is 15.1 Å². The number of ether oxygens (including phenoxy) is 2. The number of benzene rings is 3. The Bertz CT molecular complexity index is 1870. The van der Waals surface area contributed by atoms with E-state index in [0.29, 0.717) is 41.8 Å². The first-order valence-electron chi connectivity index (χ1n) is 13.2. The van der Waals surface area contributed by atoms with E-state index >= 15 is 0 Å². The maximum atomic E-state index is 11.2. The van der Waals surface area contributed by atoms with Crippen molar-refractivity contribution in [1.82, 2.24) is 14.5 Å². The number of nitro benzene ring substituents is 1. The summed E-state index contributed by atoms with van der Waals surface area (Å²) >= 11 is 1.43. The molecule has 10 nitrogen and oxygen atoms in total. The highest BCUT2D eigenvalue weighted by Gasteiger charge is 2.17. The van der Waals surface area contributed by atoms with Crippen molar-refractivity contribution in [2.75, 3.05) is 19.8 Å². The number of fused-ring (bicyclic) bond motifs is 1. The number of hydrogen-bond donors (Lipinski definition) is 0. The third kappa shape index (κ3) is 5.63. The van der Waals surface area contributed by atoms with Crippen LogP contribution < -0.4 is 14.3 Å². The van der Waals surface area contributed by atoms with Crippen molar-refractivity contribution in [1.29, 1.82) is 0 Å². The second-order valence-electron chi connectivity index (χ2n) is 9.61. The van der Waals surface area contributed by atoms with Crippen molar-refractivity contribution in [3.05, 3.63) is 117 Å². The Labute approximate surface area is 245 Å². The largest absolute Gasteiger partial charge is 0.486 e. The van der Waals surface area contributed by atoms with Crippen LogP contribution in [-0.2, 0) is 0 Å². The predicted octanol–water partition coefficient (Wildman–Crippen LogP) is 6.11. The maximum Gasteiger partial charge on any atom is 0.269 e. The van der Waals surface area contributed by atoms with Crippen LogP contribution in [0.25, 0.3) is 28.2 Å². The zero-order valence-electron chi connectivity index (χ0n) is 22.7. The predicted molar refractivity (Wildman–Crippen MR) is 163 cm³/mol. The molecule has 0 spiro atoms. The third-order valence-electron chi connectivity index (χ3n) is 6.43. The second-order valence-corrected chi connectivity index (χ2v) is 10.4. The van der Waals surface area contributed by atoms with Crippen molar-refractivity contribution in [2.45, 2.75) is 6.92 Å². The number of nitrogens with zero attached hydrogens (tertiary/aromatic N) is 6. The average molecular weight is 579 g/mol. The Hall–Kier alpha value is -5.29. The van der Waals surface area contributed by atoms with Crippen molar-refractivity contribution < 1.29 is 14.4 Å². The lowest BCUT2D eigenvalue weighted by molar-refractivity contribution is -0.384. The van der Waals surface area contributed by atoms with Crippen molar-refractivity contribution in [2.24, 2.45) is 10.1 Å². The first-order valence-corrected chi connectivity index (χ1v) is 14.0. The van der Waals surface area contributed by atoms with Crippen molar-refractivity contribution >= 4 is 23.2 Å². The molecule has 5 aromatic rings. The molecule has 0 bridgehead atoms. The van der Waals surface area contributed by atoms with E-state index in [1.54, 1.807) is 23.0 Å². The van der Waals surface area contributed by atoms with Crippen LogP contribution in [0.3, 0.4) is 0 Å². The zero-order chi connectivity index (χ0) is 29.1. The van der Waals surface area contributed by atoms with Gasteiger partial charge in [0.15, 0.2) is 11.5 Å². The Morgan fingerprint density at radius 1 is 1.07 bits per heavy atom. The standard InChI is InChI=1S/C31H26N6O4S/c1-21(2)17-32-31-36(27(20-42-31)22-8-11-26(12-9-22)37(38)39)33-18-24-19-35(25-6-4-3-5-7-25)34-30(24)23-10-13-28-29(16-23)41-15-14-40-28/h3-13,16,18-20H,1,14-15,17H2,2H3. The van der Waals surface area contributed by atoms with Crippen LogP contribution in [0.5, 0.6) is 11.5 Å². The molecule has 210 valence electrons. The summed E-state index contributed by atoms with van der Waals surface area (Å²) in [6.07, 6.45) is 3.67. The van der Waals surface area contributed by atoms with Crippen molar-refractivity contribution in [3.63, 3.8) is 0 Å². The molecular weight excluding hydrogens is 552 g/mol. The molecule has 0 atom stereocenters. The quantitative estimate of drug-likeness (QED) is 0.0956. The topological polar surface area (TPSA) is 109 Å². The van der Waals surface area contributed by atoms with Gasteiger partial charge in [0.2, 0.25) is 4.80 Å². The minimum atomic E-state index is -0.416. The zero-order valence-corrected chi connectivity index (χ0v) is 23.5. The number of nitro groups is 1. The lowest BCUT2D eigenvalue weighted by Gasteiger charge is -2.18. The molecule has 2 aromatic heterocycles. The SMILES string of the molecule is C=C(C)CN=c1scc(-c2ccc([N+](=O)[O-])cc2)n1N=Cc1cn(-c2ccccc2)nc1-c1ccc2c(c1)OCCO2. The molecule has 0 saturated carbocycles. The molecule has 0 radical (unpaired) electrons. The Morgan fingerprint density at radius 2 is 1.81 bits per heavy atom. The van der Waals surface area contributed by atoms with Gasteiger partial charge in [-0.25, -0.2) is 9.36 Å². The van der Waals surface area contributed by atoms with Gasteiger partial charge in [0.05, 0.1) is 29.1 Å². The summed E-state index contributed by atoms with van der Waals surface area (Å²) in [6, 6.07) is 22.0. The van der Waals surface area contributed by atoms with E-state index in [0.717, 1.165) is 33.6 Å². The van der Waals surface area contributed by atoms with Gasteiger partial charge >= 0.3 is 0 Å². The van der Waals surface area contributed by atoms with E-state index in [9.17, 15) is 10.1 Å². The molecule has 0 fully saturated rings. The van der Waals surface area contributed by atoms with E-state index < -0.39 is 4.92 Å². The van der Waals surface area contributed by atoms with E-state index in [1.165, 1.54) is 23.5 Å². The average Bonchev–Trinajstić information content (AvgIpc) is 3.63. The van der Waals surface area contributed by atoms with Gasteiger partial charge in [-0.05, 0) is 49.4 Å². The minimum Gasteiger partial charge on any atom is -0.486 e. The monoisotopic (exact) mass is 578 g/mol. The highest BCUT2D eigenvalue weighted by atomic mass is 32.1. The molecule has 1 aliphatic rings. The van der Waals surface area contributed by atoms with E-state index in [2.05, 4.69) is 6.58 Å².